The maximum Gasteiger partial charge on any atom is 0.253 e. The lowest BCUT2D eigenvalue weighted by Gasteiger charge is -2.05. The van der Waals surface area contributed by atoms with E-state index < -0.39 is 0 Å². The van der Waals surface area contributed by atoms with Crippen LogP contribution in [0.5, 0.6) is 0 Å². The van der Waals surface area contributed by atoms with E-state index in [0.717, 1.165) is 0 Å². The Labute approximate surface area is 102 Å². The first-order valence-corrected chi connectivity index (χ1v) is 5.36. The Balaban J connectivity index is 2.00. The molecule has 0 spiro atoms. The van der Waals surface area contributed by atoms with Crippen molar-refractivity contribution in [2.24, 2.45) is 0 Å². The summed E-state index contributed by atoms with van der Waals surface area (Å²) in [5.41, 5.74) is 0.760. The van der Waals surface area contributed by atoms with E-state index in [-0.39, 0.29) is 23.8 Å². The van der Waals surface area contributed by atoms with Gasteiger partial charge in [0.15, 0.2) is 0 Å². The molecule has 0 atom stereocenters. The minimum Gasteiger partial charge on any atom is -0.348 e. The Kier molecular flexibility index (Phi) is 3.52. The number of carbonyl (C=O) groups is 1. The first-order valence-electron chi connectivity index (χ1n) is 5.36. The summed E-state index contributed by atoms with van der Waals surface area (Å²) in [6.45, 7) is 0.232. The molecule has 0 aliphatic rings. The number of carbonyl (C=O) groups excluding carboxylic acids is 1. The zero-order chi connectivity index (χ0) is 13.0. The van der Waals surface area contributed by atoms with E-state index in [9.17, 15) is 14.0 Å². The van der Waals surface area contributed by atoms with Gasteiger partial charge in [-0.1, -0.05) is 12.1 Å². The normalized spacial score (nSPS) is 10.1. The number of halogens is 1. The van der Waals surface area contributed by atoms with E-state index in [1.54, 1.807) is 12.1 Å². The van der Waals surface area contributed by atoms with E-state index in [0.29, 0.717) is 11.1 Å². The van der Waals surface area contributed by atoms with Gasteiger partial charge < -0.3 is 10.3 Å². The van der Waals surface area contributed by atoms with E-state index in [4.69, 9.17) is 0 Å². The minimum absolute atomic E-state index is 0.232. The monoisotopic (exact) mass is 246 g/mol. The summed E-state index contributed by atoms with van der Waals surface area (Å²) in [4.78, 5) is 24.9. The number of H-pyrrole nitrogens is 1. The molecule has 92 valence electrons. The van der Waals surface area contributed by atoms with Crippen LogP contribution in [0.3, 0.4) is 0 Å². The molecule has 5 heteroatoms. The van der Waals surface area contributed by atoms with Crippen molar-refractivity contribution in [2.75, 3.05) is 0 Å². The highest BCUT2D eigenvalue weighted by atomic mass is 19.1. The van der Waals surface area contributed by atoms with Gasteiger partial charge in [0, 0.05) is 18.8 Å². The summed E-state index contributed by atoms with van der Waals surface area (Å²) < 4.78 is 12.9. The third-order valence-electron chi connectivity index (χ3n) is 2.39. The second kappa shape index (κ2) is 5.27. The molecule has 2 N–H and O–H groups in total. The van der Waals surface area contributed by atoms with Gasteiger partial charge in [-0.2, -0.15) is 0 Å². The van der Waals surface area contributed by atoms with Crippen molar-refractivity contribution < 1.29 is 9.18 Å². The van der Waals surface area contributed by atoms with Crippen LogP contribution in [-0.2, 0) is 6.54 Å². The molecule has 0 saturated carbocycles. The number of aromatic nitrogens is 1. The Morgan fingerprint density at radius 3 is 2.78 bits per heavy atom. The number of amides is 1. The fourth-order valence-corrected chi connectivity index (χ4v) is 1.48. The summed E-state index contributed by atoms with van der Waals surface area (Å²) in [7, 11) is 0. The van der Waals surface area contributed by atoms with Crippen LogP contribution in [0, 0.1) is 5.82 Å². The Morgan fingerprint density at radius 2 is 2.11 bits per heavy atom. The first kappa shape index (κ1) is 12.0. The average molecular weight is 246 g/mol. The largest absolute Gasteiger partial charge is 0.348 e. The fraction of sp³-hybridized carbons (Fsp3) is 0.0769. The van der Waals surface area contributed by atoms with Gasteiger partial charge in [-0.05, 0) is 23.8 Å². The van der Waals surface area contributed by atoms with Crippen molar-refractivity contribution in [3.05, 3.63) is 69.9 Å². The number of benzene rings is 1. The molecular formula is C13H11FN2O2. The average Bonchev–Trinajstić information content (AvgIpc) is 2.37. The summed E-state index contributed by atoms with van der Waals surface area (Å²) in [6.07, 6.45) is 1.34. The van der Waals surface area contributed by atoms with Crippen LogP contribution in [0.2, 0.25) is 0 Å². The number of aromatic amines is 1. The van der Waals surface area contributed by atoms with Crippen molar-refractivity contribution in [2.45, 2.75) is 6.54 Å². The van der Waals surface area contributed by atoms with Crippen LogP contribution >= 0.6 is 0 Å². The number of nitrogens with one attached hydrogen (secondary N) is 2. The highest BCUT2D eigenvalue weighted by Crippen LogP contribution is 2.03. The van der Waals surface area contributed by atoms with Crippen molar-refractivity contribution in [1.29, 1.82) is 0 Å². The second-order valence-corrected chi connectivity index (χ2v) is 3.75. The Hall–Kier alpha value is -2.43. The quantitative estimate of drug-likeness (QED) is 0.860. The summed E-state index contributed by atoms with van der Waals surface area (Å²) >= 11 is 0. The molecule has 1 aromatic heterocycles. The molecular weight excluding hydrogens is 235 g/mol. The van der Waals surface area contributed by atoms with Crippen LogP contribution in [0.25, 0.3) is 0 Å². The number of hydrogen-bond donors (Lipinski definition) is 2. The fourth-order valence-electron chi connectivity index (χ4n) is 1.48. The van der Waals surface area contributed by atoms with Crippen molar-refractivity contribution >= 4 is 5.91 Å². The molecule has 2 rings (SSSR count). The smallest absolute Gasteiger partial charge is 0.253 e. The molecule has 4 nitrogen and oxygen atoms in total. The van der Waals surface area contributed by atoms with Crippen molar-refractivity contribution in [3.8, 4) is 0 Å². The SMILES string of the molecule is O=C(NCc1cccc(F)c1)c1ccc(=O)[nH]c1. The van der Waals surface area contributed by atoms with Gasteiger partial charge in [0.1, 0.15) is 5.82 Å². The topological polar surface area (TPSA) is 62.0 Å². The molecule has 0 saturated heterocycles. The van der Waals surface area contributed by atoms with E-state index in [1.807, 2.05) is 0 Å². The van der Waals surface area contributed by atoms with Crippen LogP contribution < -0.4 is 10.9 Å². The summed E-state index contributed by atoms with van der Waals surface area (Å²) in [5, 5.41) is 2.63. The van der Waals surface area contributed by atoms with Crippen molar-refractivity contribution in [1.82, 2.24) is 10.3 Å². The predicted octanol–water partition coefficient (Wildman–Crippen LogP) is 1.44. The lowest BCUT2D eigenvalue weighted by atomic mass is 10.2. The number of pyridine rings is 1. The number of hydrogen-bond acceptors (Lipinski definition) is 2. The predicted molar refractivity (Wildman–Crippen MR) is 64.6 cm³/mol. The van der Waals surface area contributed by atoms with Crippen LogP contribution in [0.15, 0.2) is 47.4 Å². The molecule has 1 heterocycles. The van der Waals surface area contributed by atoms with Gasteiger partial charge in [-0.3, -0.25) is 9.59 Å². The molecule has 0 aliphatic carbocycles. The van der Waals surface area contributed by atoms with E-state index in [1.165, 1.54) is 30.5 Å². The van der Waals surface area contributed by atoms with Gasteiger partial charge in [-0.15, -0.1) is 0 Å². The van der Waals surface area contributed by atoms with E-state index >= 15 is 0 Å². The molecule has 0 radical (unpaired) electrons. The van der Waals surface area contributed by atoms with Gasteiger partial charge in [-0.25, -0.2) is 4.39 Å². The van der Waals surface area contributed by atoms with Gasteiger partial charge in [0.25, 0.3) is 5.91 Å². The molecule has 18 heavy (non-hydrogen) atoms. The van der Waals surface area contributed by atoms with Crippen LogP contribution in [0.1, 0.15) is 15.9 Å². The minimum atomic E-state index is -0.342. The second-order valence-electron chi connectivity index (χ2n) is 3.75. The van der Waals surface area contributed by atoms with Crippen molar-refractivity contribution in [3.63, 3.8) is 0 Å². The molecule has 0 aliphatic heterocycles. The Morgan fingerprint density at radius 1 is 1.28 bits per heavy atom. The van der Waals surface area contributed by atoms with Crippen LogP contribution in [-0.4, -0.2) is 10.9 Å². The maximum atomic E-state index is 12.9. The van der Waals surface area contributed by atoms with E-state index in [2.05, 4.69) is 10.3 Å². The molecule has 1 aromatic carbocycles. The lowest BCUT2D eigenvalue weighted by Crippen LogP contribution is -2.23. The zero-order valence-electron chi connectivity index (χ0n) is 9.44. The molecule has 0 fully saturated rings. The molecule has 1 amide bonds. The first-order chi connectivity index (χ1) is 8.65. The Bertz CT molecular complexity index is 602. The molecule has 0 unspecified atom stereocenters. The zero-order valence-corrected chi connectivity index (χ0v) is 9.44. The molecule has 0 bridgehead atoms. The third kappa shape index (κ3) is 3.04. The van der Waals surface area contributed by atoms with Gasteiger partial charge in [0.05, 0.1) is 5.56 Å². The lowest BCUT2D eigenvalue weighted by molar-refractivity contribution is 0.0950. The summed E-state index contributed by atoms with van der Waals surface area (Å²) in [6, 6.07) is 8.70. The maximum absolute atomic E-state index is 12.9. The standard InChI is InChI=1S/C13H11FN2O2/c14-11-3-1-2-9(6-11)7-16-13(18)10-4-5-12(17)15-8-10/h1-6,8H,7H2,(H,15,17)(H,16,18). The number of rotatable bonds is 3. The van der Waals surface area contributed by atoms with Gasteiger partial charge >= 0.3 is 0 Å². The summed E-state index contributed by atoms with van der Waals surface area (Å²) in [5.74, 6) is -0.665. The highest BCUT2D eigenvalue weighted by molar-refractivity contribution is 5.93. The van der Waals surface area contributed by atoms with Crippen LogP contribution in [0.4, 0.5) is 4.39 Å². The highest BCUT2D eigenvalue weighted by Gasteiger charge is 2.05. The third-order valence-corrected chi connectivity index (χ3v) is 2.39. The van der Waals surface area contributed by atoms with Gasteiger partial charge in [0.2, 0.25) is 5.56 Å². The molecule has 2 aromatic rings.